The van der Waals surface area contributed by atoms with Gasteiger partial charge in [0.15, 0.2) is 0 Å². The van der Waals surface area contributed by atoms with Crippen LogP contribution in [-0.4, -0.2) is 22.9 Å². The maximum atomic E-state index is 10.6. The summed E-state index contributed by atoms with van der Waals surface area (Å²) >= 11 is 0. The number of non-ortho nitro benzene ring substituents is 2. The molecule has 0 aromatic heterocycles. The highest BCUT2D eigenvalue weighted by molar-refractivity contribution is 5.49. The molecule has 2 aromatic carbocycles. The van der Waals surface area contributed by atoms with Gasteiger partial charge in [-0.2, -0.15) is 0 Å². The smallest absolute Gasteiger partial charge is 0.269 e. The molecular formula is C20H26N4O4. The minimum Gasteiger partial charge on any atom is -0.385 e. The van der Waals surface area contributed by atoms with Crippen LogP contribution >= 0.6 is 0 Å². The van der Waals surface area contributed by atoms with Crippen LogP contribution in [0, 0.1) is 20.2 Å². The van der Waals surface area contributed by atoms with Gasteiger partial charge in [0, 0.05) is 48.7 Å². The van der Waals surface area contributed by atoms with Gasteiger partial charge in [0.1, 0.15) is 0 Å². The van der Waals surface area contributed by atoms with Gasteiger partial charge in [-0.05, 0) is 37.1 Å². The Morgan fingerprint density at radius 2 is 0.893 bits per heavy atom. The van der Waals surface area contributed by atoms with Gasteiger partial charge in [-0.1, -0.05) is 25.7 Å². The quantitative estimate of drug-likeness (QED) is 0.272. The van der Waals surface area contributed by atoms with Crippen LogP contribution in [0.5, 0.6) is 0 Å². The summed E-state index contributed by atoms with van der Waals surface area (Å²) in [6.07, 6.45) is 6.79. The van der Waals surface area contributed by atoms with Gasteiger partial charge < -0.3 is 10.6 Å². The molecule has 2 rings (SSSR count). The molecule has 28 heavy (non-hydrogen) atoms. The minimum atomic E-state index is -0.398. The summed E-state index contributed by atoms with van der Waals surface area (Å²) in [7, 11) is 0. The standard InChI is InChI=1S/C20H26N4O4/c25-23(26)19-11-7-17(8-12-19)21-15-5-3-1-2-4-6-16-22-18-9-13-20(14-10-18)24(27)28/h7-14,21-22H,1-6,15-16H2. The van der Waals surface area contributed by atoms with Crippen molar-refractivity contribution in [1.82, 2.24) is 0 Å². The van der Waals surface area contributed by atoms with Gasteiger partial charge in [-0.15, -0.1) is 0 Å². The first kappa shape index (κ1) is 21.1. The fourth-order valence-electron chi connectivity index (χ4n) is 2.82. The van der Waals surface area contributed by atoms with Crippen LogP contribution in [0.3, 0.4) is 0 Å². The number of anilines is 2. The SMILES string of the molecule is O=[N+]([O-])c1ccc(NCCCCCCCCNc2ccc([N+](=O)[O-])cc2)cc1. The van der Waals surface area contributed by atoms with E-state index in [1.165, 1.54) is 37.1 Å². The second-order valence-corrected chi connectivity index (χ2v) is 6.58. The van der Waals surface area contributed by atoms with Crippen molar-refractivity contribution in [3.05, 3.63) is 68.8 Å². The number of hydrogen-bond acceptors (Lipinski definition) is 6. The van der Waals surface area contributed by atoms with Crippen molar-refractivity contribution in [1.29, 1.82) is 0 Å². The van der Waals surface area contributed by atoms with E-state index in [4.69, 9.17) is 0 Å². The lowest BCUT2D eigenvalue weighted by atomic mass is 10.1. The largest absolute Gasteiger partial charge is 0.385 e. The van der Waals surface area contributed by atoms with Gasteiger partial charge in [-0.3, -0.25) is 20.2 Å². The van der Waals surface area contributed by atoms with Crippen molar-refractivity contribution in [2.24, 2.45) is 0 Å². The predicted octanol–water partition coefficient (Wildman–Crippen LogP) is 5.37. The van der Waals surface area contributed by atoms with Gasteiger partial charge >= 0.3 is 0 Å². The Morgan fingerprint density at radius 1 is 0.571 bits per heavy atom. The molecule has 0 amide bonds. The van der Waals surface area contributed by atoms with Crippen LogP contribution in [0.25, 0.3) is 0 Å². The van der Waals surface area contributed by atoms with Gasteiger partial charge in [0.05, 0.1) is 9.85 Å². The number of hydrogen-bond donors (Lipinski definition) is 2. The van der Waals surface area contributed by atoms with Gasteiger partial charge in [0.25, 0.3) is 11.4 Å². The number of nitro groups is 2. The van der Waals surface area contributed by atoms with E-state index in [0.717, 1.165) is 50.1 Å². The summed E-state index contributed by atoms with van der Waals surface area (Å²) < 4.78 is 0. The number of nitrogens with zero attached hydrogens (tertiary/aromatic N) is 2. The first-order chi connectivity index (χ1) is 13.6. The van der Waals surface area contributed by atoms with E-state index in [-0.39, 0.29) is 11.4 Å². The van der Waals surface area contributed by atoms with E-state index in [1.54, 1.807) is 24.3 Å². The van der Waals surface area contributed by atoms with E-state index in [1.807, 2.05) is 0 Å². The zero-order valence-corrected chi connectivity index (χ0v) is 15.8. The molecule has 0 saturated carbocycles. The Kier molecular flexibility index (Phi) is 8.71. The van der Waals surface area contributed by atoms with E-state index < -0.39 is 9.85 Å². The Labute approximate surface area is 164 Å². The molecule has 0 heterocycles. The van der Waals surface area contributed by atoms with Crippen LogP contribution < -0.4 is 10.6 Å². The molecule has 8 heteroatoms. The molecule has 0 fully saturated rings. The predicted molar refractivity (Wildman–Crippen MR) is 111 cm³/mol. The monoisotopic (exact) mass is 386 g/mol. The average molecular weight is 386 g/mol. The fourth-order valence-corrected chi connectivity index (χ4v) is 2.82. The maximum Gasteiger partial charge on any atom is 0.269 e. The summed E-state index contributed by atoms with van der Waals surface area (Å²) in [6, 6.07) is 13.0. The summed E-state index contributed by atoms with van der Waals surface area (Å²) in [4.78, 5) is 20.4. The first-order valence-electron chi connectivity index (χ1n) is 9.53. The van der Waals surface area contributed by atoms with Crippen molar-refractivity contribution in [3.8, 4) is 0 Å². The normalized spacial score (nSPS) is 10.4. The molecular weight excluding hydrogens is 360 g/mol. The summed E-state index contributed by atoms with van der Waals surface area (Å²) in [5.74, 6) is 0. The topological polar surface area (TPSA) is 110 Å². The molecule has 0 aliphatic carbocycles. The van der Waals surface area contributed by atoms with E-state index in [0.29, 0.717) is 0 Å². The Balaban J connectivity index is 1.45. The summed E-state index contributed by atoms with van der Waals surface area (Å²) in [6.45, 7) is 1.72. The van der Waals surface area contributed by atoms with Crippen LogP contribution in [0.2, 0.25) is 0 Å². The maximum absolute atomic E-state index is 10.6. The second-order valence-electron chi connectivity index (χ2n) is 6.58. The van der Waals surface area contributed by atoms with Crippen LogP contribution in [0.4, 0.5) is 22.7 Å². The summed E-state index contributed by atoms with van der Waals surface area (Å²) in [5.41, 5.74) is 2.02. The molecule has 0 aliphatic heterocycles. The molecule has 0 radical (unpaired) electrons. The van der Waals surface area contributed by atoms with E-state index in [2.05, 4.69) is 10.6 Å². The fraction of sp³-hybridized carbons (Fsp3) is 0.400. The Morgan fingerprint density at radius 3 is 1.21 bits per heavy atom. The number of nitro benzene ring substituents is 2. The van der Waals surface area contributed by atoms with Gasteiger partial charge in [0.2, 0.25) is 0 Å². The molecule has 0 atom stereocenters. The van der Waals surface area contributed by atoms with Crippen molar-refractivity contribution in [2.45, 2.75) is 38.5 Å². The highest BCUT2D eigenvalue weighted by Crippen LogP contribution is 2.17. The average Bonchev–Trinajstić information content (AvgIpc) is 2.70. The Hall–Kier alpha value is -3.16. The van der Waals surface area contributed by atoms with E-state index >= 15 is 0 Å². The third-order valence-corrected chi connectivity index (χ3v) is 4.42. The van der Waals surface area contributed by atoms with E-state index in [9.17, 15) is 20.2 Å². The number of benzene rings is 2. The zero-order valence-electron chi connectivity index (χ0n) is 15.8. The van der Waals surface area contributed by atoms with Crippen molar-refractivity contribution >= 4 is 22.7 Å². The zero-order chi connectivity index (χ0) is 20.2. The molecule has 150 valence electrons. The second kappa shape index (κ2) is 11.5. The summed E-state index contributed by atoms with van der Waals surface area (Å²) in [5, 5.41) is 27.8. The third-order valence-electron chi connectivity index (χ3n) is 4.42. The van der Waals surface area contributed by atoms with Crippen molar-refractivity contribution in [3.63, 3.8) is 0 Å². The lowest BCUT2D eigenvalue weighted by Crippen LogP contribution is -2.02. The van der Waals surface area contributed by atoms with Crippen LogP contribution in [0.1, 0.15) is 38.5 Å². The Bertz CT molecular complexity index is 682. The number of rotatable bonds is 13. The number of unbranched alkanes of at least 4 members (excludes halogenated alkanes) is 5. The molecule has 0 saturated heterocycles. The third kappa shape index (κ3) is 7.61. The highest BCUT2D eigenvalue weighted by atomic mass is 16.6. The molecule has 0 unspecified atom stereocenters. The number of nitrogens with one attached hydrogen (secondary N) is 2. The van der Waals surface area contributed by atoms with Crippen molar-refractivity contribution < 1.29 is 9.85 Å². The lowest BCUT2D eigenvalue weighted by Gasteiger charge is -2.07. The van der Waals surface area contributed by atoms with Crippen molar-refractivity contribution in [2.75, 3.05) is 23.7 Å². The molecule has 0 bridgehead atoms. The highest BCUT2D eigenvalue weighted by Gasteiger charge is 2.04. The minimum absolute atomic E-state index is 0.105. The molecule has 2 aromatic rings. The molecule has 0 aliphatic rings. The molecule has 2 N–H and O–H groups in total. The molecule has 8 nitrogen and oxygen atoms in total. The van der Waals surface area contributed by atoms with Gasteiger partial charge in [-0.25, -0.2) is 0 Å². The first-order valence-corrected chi connectivity index (χ1v) is 9.53. The van der Waals surface area contributed by atoms with Crippen LogP contribution in [0.15, 0.2) is 48.5 Å². The molecule has 0 spiro atoms. The van der Waals surface area contributed by atoms with Crippen LogP contribution in [-0.2, 0) is 0 Å². The lowest BCUT2D eigenvalue weighted by molar-refractivity contribution is -0.385.